The molecule has 136 valence electrons. The standard InChI is InChI=1S/C21H25N3O2/c1-21(2,3)15-9-5-8-12-18(15)26-14-20(25)22-13-19-23-16-10-6-7-11-17(16)24(19)4/h5-12H,13-14H2,1-4H3,(H,22,25). The highest BCUT2D eigenvalue weighted by Crippen LogP contribution is 2.30. The SMILES string of the molecule is Cn1c(CNC(=O)COc2ccccc2C(C)(C)C)nc2ccccc21. The first-order valence-electron chi connectivity index (χ1n) is 8.75. The second kappa shape index (κ2) is 7.20. The van der Waals surface area contributed by atoms with Crippen LogP contribution in [0.1, 0.15) is 32.2 Å². The third-order valence-corrected chi connectivity index (χ3v) is 4.38. The first-order chi connectivity index (χ1) is 12.4. The molecule has 1 amide bonds. The van der Waals surface area contributed by atoms with E-state index in [2.05, 4.69) is 31.1 Å². The molecule has 0 radical (unpaired) electrons. The fourth-order valence-corrected chi connectivity index (χ4v) is 2.94. The molecule has 0 unspecified atom stereocenters. The molecule has 3 rings (SSSR count). The van der Waals surface area contributed by atoms with Gasteiger partial charge in [0.2, 0.25) is 0 Å². The number of carbonyl (C=O) groups is 1. The van der Waals surface area contributed by atoms with Gasteiger partial charge in [0, 0.05) is 7.05 Å². The molecule has 0 atom stereocenters. The average molecular weight is 351 g/mol. The molecule has 2 aromatic carbocycles. The van der Waals surface area contributed by atoms with E-state index < -0.39 is 0 Å². The van der Waals surface area contributed by atoms with Gasteiger partial charge >= 0.3 is 0 Å². The van der Waals surface area contributed by atoms with Gasteiger partial charge in [0.15, 0.2) is 6.61 Å². The summed E-state index contributed by atoms with van der Waals surface area (Å²) in [6.07, 6.45) is 0. The number of para-hydroxylation sites is 3. The quantitative estimate of drug-likeness (QED) is 0.764. The molecule has 1 aromatic heterocycles. The summed E-state index contributed by atoms with van der Waals surface area (Å²) in [4.78, 5) is 16.8. The van der Waals surface area contributed by atoms with Crippen LogP contribution in [0, 0.1) is 0 Å². The van der Waals surface area contributed by atoms with E-state index in [4.69, 9.17) is 4.74 Å². The number of fused-ring (bicyclic) bond motifs is 1. The third-order valence-electron chi connectivity index (χ3n) is 4.38. The molecule has 1 heterocycles. The topological polar surface area (TPSA) is 56.2 Å². The van der Waals surface area contributed by atoms with Crippen molar-refractivity contribution in [2.75, 3.05) is 6.61 Å². The van der Waals surface area contributed by atoms with Crippen LogP contribution in [0.5, 0.6) is 5.75 Å². The molecule has 0 saturated carbocycles. The van der Waals surface area contributed by atoms with Crippen LogP contribution in [0.3, 0.4) is 0 Å². The molecule has 0 aliphatic carbocycles. The van der Waals surface area contributed by atoms with Gasteiger partial charge in [0.1, 0.15) is 11.6 Å². The number of amides is 1. The van der Waals surface area contributed by atoms with E-state index >= 15 is 0 Å². The molecule has 3 aromatic rings. The lowest BCUT2D eigenvalue weighted by molar-refractivity contribution is -0.123. The van der Waals surface area contributed by atoms with Crippen LogP contribution >= 0.6 is 0 Å². The van der Waals surface area contributed by atoms with Crippen molar-refractivity contribution in [3.05, 3.63) is 59.9 Å². The molecule has 5 heteroatoms. The number of benzene rings is 2. The van der Waals surface area contributed by atoms with Crippen molar-refractivity contribution < 1.29 is 9.53 Å². The number of aryl methyl sites for hydroxylation is 1. The summed E-state index contributed by atoms with van der Waals surface area (Å²) in [5, 5.41) is 2.88. The van der Waals surface area contributed by atoms with Gasteiger partial charge in [0.05, 0.1) is 17.6 Å². The van der Waals surface area contributed by atoms with Gasteiger partial charge in [-0.25, -0.2) is 4.98 Å². The number of aromatic nitrogens is 2. The van der Waals surface area contributed by atoms with Gasteiger partial charge in [-0.3, -0.25) is 4.79 Å². The Kier molecular flexibility index (Phi) is 4.98. The Labute approximate surface area is 154 Å². The summed E-state index contributed by atoms with van der Waals surface area (Å²) in [5.74, 6) is 1.40. The van der Waals surface area contributed by atoms with Gasteiger partial charge in [-0.05, 0) is 29.2 Å². The second-order valence-electron chi connectivity index (χ2n) is 7.39. The van der Waals surface area contributed by atoms with Crippen molar-refractivity contribution in [1.82, 2.24) is 14.9 Å². The zero-order valence-corrected chi connectivity index (χ0v) is 15.7. The van der Waals surface area contributed by atoms with Gasteiger partial charge in [-0.15, -0.1) is 0 Å². The number of hydrogen-bond donors (Lipinski definition) is 1. The predicted octanol–water partition coefficient (Wildman–Crippen LogP) is 3.57. The number of nitrogens with one attached hydrogen (secondary N) is 1. The summed E-state index contributed by atoms with van der Waals surface area (Å²) in [7, 11) is 1.95. The summed E-state index contributed by atoms with van der Waals surface area (Å²) < 4.78 is 7.76. The van der Waals surface area contributed by atoms with Gasteiger partial charge < -0.3 is 14.6 Å². The first-order valence-corrected chi connectivity index (χ1v) is 8.75. The molecule has 5 nitrogen and oxygen atoms in total. The minimum atomic E-state index is -0.166. The minimum Gasteiger partial charge on any atom is -0.483 e. The maximum absolute atomic E-state index is 12.2. The smallest absolute Gasteiger partial charge is 0.258 e. The van der Waals surface area contributed by atoms with Crippen molar-refractivity contribution in [3.63, 3.8) is 0 Å². The molecule has 1 N–H and O–H groups in total. The Balaban J connectivity index is 1.61. The van der Waals surface area contributed by atoms with Crippen molar-refractivity contribution >= 4 is 16.9 Å². The molecular weight excluding hydrogens is 326 g/mol. The van der Waals surface area contributed by atoms with E-state index in [1.165, 1.54) is 0 Å². The zero-order chi connectivity index (χ0) is 18.7. The van der Waals surface area contributed by atoms with Crippen LogP contribution in [0.15, 0.2) is 48.5 Å². The highest BCUT2D eigenvalue weighted by atomic mass is 16.5. The van der Waals surface area contributed by atoms with Gasteiger partial charge in [-0.1, -0.05) is 51.1 Å². The van der Waals surface area contributed by atoms with E-state index in [0.717, 1.165) is 28.2 Å². The number of nitrogens with zero attached hydrogens (tertiary/aromatic N) is 2. The normalized spacial score (nSPS) is 11.5. The zero-order valence-electron chi connectivity index (χ0n) is 15.7. The van der Waals surface area contributed by atoms with E-state index in [1.807, 2.05) is 60.1 Å². The number of hydrogen-bond acceptors (Lipinski definition) is 3. The van der Waals surface area contributed by atoms with E-state index in [0.29, 0.717) is 6.54 Å². The first kappa shape index (κ1) is 18.0. The summed E-state index contributed by atoms with van der Waals surface area (Å²) >= 11 is 0. The molecule has 0 bridgehead atoms. The molecule has 0 fully saturated rings. The highest BCUT2D eigenvalue weighted by molar-refractivity contribution is 5.78. The van der Waals surface area contributed by atoms with Crippen molar-refractivity contribution in [2.45, 2.75) is 32.7 Å². The van der Waals surface area contributed by atoms with Gasteiger partial charge in [-0.2, -0.15) is 0 Å². The fraction of sp³-hybridized carbons (Fsp3) is 0.333. The van der Waals surface area contributed by atoms with Crippen molar-refractivity contribution in [1.29, 1.82) is 0 Å². The van der Waals surface area contributed by atoms with Crippen LogP contribution < -0.4 is 10.1 Å². The van der Waals surface area contributed by atoms with Crippen LogP contribution in [0.25, 0.3) is 11.0 Å². The van der Waals surface area contributed by atoms with Crippen LogP contribution in [0.4, 0.5) is 0 Å². The Morgan fingerprint density at radius 1 is 1.12 bits per heavy atom. The molecular formula is C21H25N3O2. The monoisotopic (exact) mass is 351 g/mol. The van der Waals surface area contributed by atoms with Crippen molar-refractivity contribution in [2.24, 2.45) is 7.05 Å². The summed E-state index contributed by atoms with van der Waals surface area (Å²) in [5.41, 5.74) is 3.02. The maximum atomic E-state index is 12.2. The Morgan fingerprint density at radius 3 is 2.54 bits per heavy atom. The lowest BCUT2D eigenvalue weighted by atomic mass is 9.86. The molecule has 26 heavy (non-hydrogen) atoms. The van der Waals surface area contributed by atoms with Gasteiger partial charge in [0.25, 0.3) is 5.91 Å². The number of rotatable bonds is 5. The van der Waals surface area contributed by atoms with Crippen LogP contribution in [-0.2, 0) is 23.8 Å². The maximum Gasteiger partial charge on any atom is 0.258 e. The van der Waals surface area contributed by atoms with Crippen molar-refractivity contribution in [3.8, 4) is 5.75 Å². The molecule has 0 saturated heterocycles. The van der Waals surface area contributed by atoms with E-state index in [-0.39, 0.29) is 17.9 Å². The molecule has 0 aliphatic rings. The minimum absolute atomic E-state index is 0.0168. The molecule has 0 spiro atoms. The number of ether oxygens (including phenoxy) is 1. The lowest BCUT2D eigenvalue weighted by Gasteiger charge is -2.22. The average Bonchev–Trinajstić information content (AvgIpc) is 2.94. The Morgan fingerprint density at radius 2 is 1.81 bits per heavy atom. The number of imidazole rings is 1. The lowest BCUT2D eigenvalue weighted by Crippen LogP contribution is -2.29. The summed E-state index contributed by atoms with van der Waals surface area (Å²) in [6.45, 7) is 6.73. The largest absolute Gasteiger partial charge is 0.483 e. The van der Waals surface area contributed by atoms with E-state index in [1.54, 1.807) is 0 Å². The summed E-state index contributed by atoms with van der Waals surface area (Å²) in [6, 6.07) is 15.8. The Bertz CT molecular complexity index is 922. The molecule has 0 aliphatic heterocycles. The fourth-order valence-electron chi connectivity index (χ4n) is 2.94. The predicted molar refractivity (Wildman–Crippen MR) is 103 cm³/mol. The number of carbonyl (C=O) groups excluding carboxylic acids is 1. The highest BCUT2D eigenvalue weighted by Gasteiger charge is 2.19. The third kappa shape index (κ3) is 3.87. The Hall–Kier alpha value is -2.82. The van der Waals surface area contributed by atoms with Crippen LogP contribution in [-0.4, -0.2) is 22.1 Å². The van der Waals surface area contributed by atoms with Crippen LogP contribution in [0.2, 0.25) is 0 Å². The van der Waals surface area contributed by atoms with E-state index in [9.17, 15) is 4.79 Å². The second-order valence-corrected chi connectivity index (χ2v) is 7.39.